The van der Waals surface area contributed by atoms with Crippen molar-refractivity contribution in [2.45, 2.75) is 19.1 Å². The van der Waals surface area contributed by atoms with Gasteiger partial charge in [0.15, 0.2) is 0 Å². The lowest BCUT2D eigenvalue weighted by Crippen LogP contribution is -2.18. The van der Waals surface area contributed by atoms with Crippen LogP contribution < -0.4 is 5.32 Å². The molecule has 0 saturated heterocycles. The van der Waals surface area contributed by atoms with Crippen LogP contribution in [0.1, 0.15) is 28.3 Å². The standard InChI is InChI=1S/C16H15BrF3N/c1-10-3-4-12(9-14(10)17)15(21-2)11-5-7-13(8-6-11)16(18,19)20/h3-9,15,21H,1-2H3. The Bertz CT molecular complexity index is 620. The van der Waals surface area contributed by atoms with Crippen molar-refractivity contribution in [3.8, 4) is 0 Å². The summed E-state index contributed by atoms with van der Waals surface area (Å²) in [6.07, 6.45) is -4.31. The molecule has 0 radical (unpaired) electrons. The van der Waals surface area contributed by atoms with E-state index in [4.69, 9.17) is 0 Å². The zero-order chi connectivity index (χ0) is 15.6. The molecular formula is C16H15BrF3N. The smallest absolute Gasteiger partial charge is 0.309 e. The van der Waals surface area contributed by atoms with E-state index in [0.717, 1.165) is 33.3 Å². The Kier molecular flexibility index (Phi) is 4.74. The van der Waals surface area contributed by atoms with Crippen molar-refractivity contribution in [2.75, 3.05) is 7.05 Å². The Labute approximate surface area is 130 Å². The molecule has 0 aliphatic heterocycles. The Morgan fingerprint density at radius 2 is 1.57 bits per heavy atom. The summed E-state index contributed by atoms with van der Waals surface area (Å²) >= 11 is 3.48. The lowest BCUT2D eigenvalue weighted by atomic mass is 9.97. The first-order chi connectivity index (χ1) is 9.82. The Hall–Kier alpha value is -1.33. The van der Waals surface area contributed by atoms with Crippen molar-refractivity contribution in [3.05, 3.63) is 69.2 Å². The van der Waals surface area contributed by atoms with Gasteiger partial charge in [-0.1, -0.05) is 40.2 Å². The van der Waals surface area contributed by atoms with Crippen LogP contribution in [0, 0.1) is 6.92 Å². The van der Waals surface area contributed by atoms with E-state index in [-0.39, 0.29) is 6.04 Å². The van der Waals surface area contributed by atoms with Gasteiger partial charge in [0.05, 0.1) is 11.6 Å². The summed E-state index contributed by atoms with van der Waals surface area (Å²) in [5.74, 6) is 0. The number of hydrogen-bond acceptors (Lipinski definition) is 1. The number of benzene rings is 2. The first-order valence-corrected chi connectivity index (χ1v) is 7.22. The topological polar surface area (TPSA) is 12.0 Å². The van der Waals surface area contributed by atoms with Crippen LogP contribution in [0.4, 0.5) is 13.2 Å². The largest absolute Gasteiger partial charge is 0.416 e. The molecule has 0 aromatic heterocycles. The maximum atomic E-state index is 12.6. The van der Waals surface area contributed by atoms with Gasteiger partial charge in [0.2, 0.25) is 0 Å². The van der Waals surface area contributed by atoms with Crippen LogP contribution in [0.25, 0.3) is 0 Å². The second-order valence-electron chi connectivity index (χ2n) is 4.85. The monoisotopic (exact) mass is 357 g/mol. The summed E-state index contributed by atoms with van der Waals surface area (Å²) in [6, 6.07) is 11.0. The third-order valence-electron chi connectivity index (χ3n) is 3.39. The number of hydrogen-bond donors (Lipinski definition) is 1. The van der Waals surface area contributed by atoms with E-state index in [1.165, 1.54) is 12.1 Å². The van der Waals surface area contributed by atoms with Crippen LogP contribution in [0.2, 0.25) is 0 Å². The summed E-state index contributed by atoms with van der Waals surface area (Å²) in [5.41, 5.74) is 2.27. The van der Waals surface area contributed by atoms with Crippen molar-refractivity contribution < 1.29 is 13.2 Å². The highest BCUT2D eigenvalue weighted by Crippen LogP contribution is 2.31. The maximum absolute atomic E-state index is 12.6. The van der Waals surface area contributed by atoms with E-state index in [2.05, 4.69) is 21.2 Å². The molecule has 112 valence electrons. The predicted molar refractivity (Wildman–Crippen MR) is 81.2 cm³/mol. The summed E-state index contributed by atoms with van der Waals surface area (Å²) < 4.78 is 38.8. The van der Waals surface area contributed by atoms with E-state index in [0.29, 0.717) is 0 Å². The first-order valence-electron chi connectivity index (χ1n) is 6.43. The minimum Gasteiger partial charge on any atom is -0.309 e. The molecule has 1 N–H and O–H groups in total. The molecule has 21 heavy (non-hydrogen) atoms. The Morgan fingerprint density at radius 3 is 2.05 bits per heavy atom. The van der Waals surface area contributed by atoms with E-state index in [1.807, 2.05) is 25.1 Å². The van der Waals surface area contributed by atoms with Crippen molar-refractivity contribution in [1.82, 2.24) is 5.32 Å². The van der Waals surface area contributed by atoms with Gasteiger partial charge in [-0.15, -0.1) is 0 Å². The fraction of sp³-hybridized carbons (Fsp3) is 0.250. The molecule has 2 aromatic rings. The number of halogens is 4. The van der Waals surface area contributed by atoms with E-state index >= 15 is 0 Å². The van der Waals surface area contributed by atoms with Crippen LogP contribution in [-0.2, 0) is 6.18 Å². The number of rotatable bonds is 3. The Balaban J connectivity index is 2.35. The molecule has 1 atom stereocenters. The SMILES string of the molecule is CNC(c1ccc(C(F)(F)F)cc1)c1ccc(C)c(Br)c1. The molecular weight excluding hydrogens is 343 g/mol. The quantitative estimate of drug-likeness (QED) is 0.806. The van der Waals surface area contributed by atoms with Gasteiger partial charge >= 0.3 is 6.18 Å². The fourth-order valence-electron chi connectivity index (χ4n) is 2.18. The van der Waals surface area contributed by atoms with Gasteiger partial charge in [-0.05, 0) is 48.9 Å². The van der Waals surface area contributed by atoms with Gasteiger partial charge in [0.25, 0.3) is 0 Å². The van der Waals surface area contributed by atoms with Gasteiger partial charge in [0.1, 0.15) is 0 Å². The molecule has 2 rings (SSSR count). The first kappa shape index (κ1) is 16.0. The van der Waals surface area contributed by atoms with Crippen LogP contribution >= 0.6 is 15.9 Å². The molecule has 0 fully saturated rings. The Morgan fingerprint density at radius 1 is 1.00 bits per heavy atom. The normalized spacial score (nSPS) is 13.2. The van der Waals surface area contributed by atoms with Crippen molar-refractivity contribution in [3.63, 3.8) is 0 Å². The van der Waals surface area contributed by atoms with Gasteiger partial charge in [-0.25, -0.2) is 0 Å². The molecule has 5 heteroatoms. The highest BCUT2D eigenvalue weighted by molar-refractivity contribution is 9.10. The number of aryl methyl sites for hydroxylation is 1. The molecule has 0 aliphatic rings. The number of nitrogens with one attached hydrogen (secondary N) is 1. The minimum absolute atomic E-state index is 0.149. The van der Waals surface area contributed by atoms with Crippen LogP contribution in [0.15, 0.2) is 46.9 Å². The zero-order valence-electron chi connectivity index (χ0n) is 11.6. The molecule has 2 aromatic carbocycles. The van der Waals surface area contributed by atoms with E-state index in [9.17, 15) is 13.2 Å². The molecule has 0 saturated carbocycles. The lowest BCUT2D eigenvalue weighted by Gasteiger charge is -2.19. The summed E-state index contributed by atoms with van der Waals surface area (Å²) in [5, 5.41) is 3.14. The fourth-order valence-corrected chi connectivity index (χ4v) is 2.58. The molecule has 0 aliphatic carbocycles. The summed E-state index contributed by atoms with van der Waals surface area (Å²) in [6.45, 7) is 1.99. The van der Waals surface area contributed by atoms with Crippen LogP contribution in [0.3, 0.4) is 0 Å². The van der Waals surface area contributed by atoms with Gasteiger partial charge in [0, 0.05) is 4.47 Å². The van der Waals surface area contributed by atoms with Crippen molar-refractivity contribution in [1.29, 1.82) is 0 Å². The molecule has 0 spiro atoms. The molecule has 0 heterocycles. The minimum atomic E-state index is -4.31. The molecule has 0 bridgehead atoms. The number of alkyl halides is 3. The summed E-state index contributed by atoms with van der Waals surface area (Å²) in [7, 11) is 1.79. The lowest BCUT2D eigenvalue weighted by molar-refractivity contribution is -0.137. The average Bonchev–Trinajstić information content (AvgIpc) is 2.43. The predicted octanol–water partition coefficient (Wildman–Crippen LogP) is 5.09. The molecule has 0 amide bonds. The van der Waals surface area contributed by atoms with Crippen LogP contribution in [-0.4, -0.2) is 7.05 Å². The zero-order valence-corrected chi connectivity index (χ0v) is 13.2. The maximum Gasteiger partial charge on any atom is 0.416 e. The van der Waals surface area contributed by atoms with Crippen molar-refractivity contribution in [2.24, 2.45) is 0 Å². The van der Waals surface area contributed by atoms with Gasteiger partial charge in [-0.3, -0.25) is 0 Å². The third-order valence-corrected chi connectivity index (χ3v) is 4.24. The highest BCUT2D eigenvalue weighted by atomic mass is 79.9. The average molecular weight is 358 g/mol. The molecule has 1 unspecified atom stereocenters. The third kappa shape index (κ3) is 3.66. The molecule has 1 nitrogen and oxygen atoms in total. The highest BCUT2D eigenvalue weighted by Gasteiger charge is 2.30. The van der Waals surface area contributed by atoms with Crippen LogP contribution in [0.5, 0.6) is 0 Å². The van der Waals surface area contributed by atoms with E-state index in [1.54, 1.807) is 7.05 Å². The summed E-state index contributed by atoms with van der Waals surface area (Å²) in [4.78, 5) is 0. The van der Waals surface area contributed by atoms with Gasteiger partial charge < -0.3 is 5.32 Å². The van der Waals surface area contributed by atoms with E-state index < -0.39 is 11.7 Å². The second kappa shape index (κ2) is 6.20. The van der Waals surface area contributed by atoms with Gasteiger partial charge in [-0.2, -0.15) is 13.2 Å². The second-order valence-corrected chi connectivity index (χ2v) is 5.70. The van der Waals surface area contributed by atoms with Crippen molar-refractivity contribution >= 4 is 15.9 Å².